The molecule has 7 nitrogen and oxygen atoms in total. The zero-order valence-electron chi connectivity index (χ0n) is 22.4. The topological polar surface area (TPSA) is 75.4 Å². The van der Waals surface area contributed by atoms with Gasteiger partial charge in [0.15, 0.2) is 11.0 Å². The molecule has 2 heterocycles. The van der Waals surface area contributed by atoms with Crippen LogP contribution in [-0.4, -0.2) is 37.8 Å². The number of anilines is 2. The molecular weight excluding hydrogens is 492 g/mol. The highest BCUT2D eigenvalue weighted by Crippen LogP contribution is 2.36. The molecule has 194 valence electrons. The van der Waals surface area contributed by atoms with Gasteiger partial charge in [0, 0.05) is 28.7 Å². The quantitative estimate of drug-likeness (QED) is 0.302. The third-order valence-corrected chi connectivity index (χ3v) is 7.80. The van der Waals surface area contributed by atoms with Gasteiger partial charge >= 0.3 is 6.03 Å². The number of nitrogens with zero attached hydrogens (tertiary/aromatic N) is 5. The molecule has 0 spiro atoms. The fraction of sp³-hybridized carbons (Fsp3) is 0.267. The van der Waals surface area contributed by atoms with E-state index in [2.05, 4.69) is 72.0 Å². The molecule has 3 aromatic carbocycles. The zero-order valence-corrected chi connectivity index (χ0v) is 23.2. The first-order valence-electron chi connectivity index (χ1n) is 12.8. The number of nitrogens with one attached hydrogen (secondary N) is 1. The first kappa shape index (κ1) is 25.7. The number of amides is 2. The number of aryl methyl sites for hydroxylation is 4. The standard InChI is InChI=1S/C30H32N6OS/c1-6-25-17-38-30(36(25)27-21(4)15-20(3)16-22(27)5)33-29(37)32-24-11-9-23(10-12-24)28-31-18-35(34-28)26-13-7-19(2)8-14-26/h7-16,18,25H,6,17H2,1-5H3,(H,32,37)/b33-30-. The van der Waals surface area contributed by atoms with E-state index >= 15 is 0 Å². The highest BCUT2D eigenvalue weighted by Gasteiger charge is 2.32. The minimum atomic E-state index is -0.383. The van der Waals surface area contributed by atoms with Gasteiger partial charge < -0.3 is 10.2 Å². The van der Waals surface area contributed by atoms with E-state index in [9.17, 15) is 4.79 Å². The SMILES string of the molecule is CCC1CS/C(=N\C(=O)Nc2ccc(-c3ncn(-c4ccc(C)cc4)n3)cc2)N1c1c(C)cc(C)cc1C. The molecular formula is C30H32N6OS. The number of hydrogen-bond donors (Lipinski definition) is 1. The molecule has 0 radical (unpaired) electrons. The van der Waals surface area contributed by atoms with Crippen LogP contribution in [0.25, 0.3) is 17.1 Å². The number of carbonyl (C=O) groups is 1. The molecule has 1 aliphatic rings. The van der Waals surface area contributed by atoms with Crippen LogP contribution in [0.1, 0.15) is 35.6 Å². The number of aliphatic imine (C=N–C) groups is 1. The van der Waals surface area contributed by atoms with E-state index in [0.717, 1.165) is 34.3 Å². The lowest BCUT2D eigenvalue weighted by atomic mass is 10.0. The number of thioether (sulfide) groups is 1. The summed E-state index contributed by atoms with van der Waals surface area (Å²) in [7, 11) is 0. The summed E-state index contributed by atoms with van der Waals surface area (Å²) in [6.07, 6.45) is 2.69. The van der Waals surface area contributed by atoms with Gasteiger partial charge in [-0.15, -0.1) is 5.10 Å². The van der Waals surface area contributed by atoms with Crippen molar-refractivity contribution in [2.45, 2.75) is 47.1 Å². The highest BCUT2D eigenvalue weighted by atomic mass is 32.2. The normalized spacial score (nSPS) is 16.3. The second-order valence-corrected chi connectivity index (χ2v) is 10.7. The largest absolute Gasteiger partial charge is 0.347 e. The van der Waals surface area contributed by atoms with Crippen molar-refractivity contribution in [1.82, 2.24) is 14.8 Å². The van der Waals surface area contributed by atoms with E-state index < -0.39 is 0 Å². The molecule has 0 saturated carbocycles. The van der Waals surface area contributed by atoms with Crippen LogP contribution in [0, 0.1) is 27.7 Å². The number of amidine groups is 1. The molecule has 1 atom stereocenters. The average molecular weight is 525 g/mol. The minimum absolute atomic E-state index is 0.304. The Kier molecular flexibility index (Phi) is 7.33. The minimum Gasteiger partial charge on any atom is -0.316 e. The molecule has 5 rings (SSSR count). The van der Waals surface area contributed by atoms with Crippen molar-refractivity contribution in [2.75, 3.05) is 16.0 Å². The van der Waals surface area contributed by atoms with Crippen molar-refractivity contribution in [3.8, 4) is 17.1 Å². The monoisotopic (exact) mass is 524 g/mol. The maximum absolute atomic E-state index is 12.9. The summed E-state index contributed by atoms with van der Waals surface area (Å²) in [5, 5.41) is 8.26. The predicted octanol–water partition coefficient (Wildman–Crippen LogP) is 7.09. The van der Waals surface area contributed by atoms with E-state index in [1.165, 1.54) is 22.3 Å². The number of carbonyl (C=O) groups excluding carboxylic acids is 1. The molecule has 2 amide bonds. The van der Waals surface area contributed by atoms with Gasteiger partial charge in [0.2, 0.25) is 0 Å². The number of benzene rings is 3. The summed E-state index contributed by atoms with van der Waals surface area (Å²) in [6, 6.07) is 19.9. The van der Waals surface area contributed by atoms with Crippen LogP contribution in [0.3, 0.4) is 0 Å². The van der Waals surface area contributed by atoms with Crippen molar-refractivity contribution in [1.29, 1.82) is 0 Å². The molecule has 4 aromatic rings. The Morgan fingerprint density at radius 2 is 1.68 bits per heavy atom. The van der Waals surface area contributed by atoms with Crippen LogP contribution in [-0.2, 0) is 0 Å². The summed E-state index contributed by atoms with van der Waals surface area (Å²) < 4.78 is 1.76. The van der Waals surface area contributed by atoms with Crippen molar-refractivity contribution in [2.24, 2.45) is 4.99 Å². The van der Waals surface area contributed by atoms with Gasteiger partial charge in [0.25, 0.3) is 0 Å². The van der Waals surface area contributed by atoms with E-state index in [0.29, 0.717) is 17.6 Å². The average Bonchev–Trinajstić information content (AvgIpc) is 3.52. The van der Waals surface area contributed by atoms with Gasteiger partial charge in [-0.05, 0) is 81.6 Å². The van der Waals surface area contributed by atoms with E-state index in [4.69, 9.17) is 0 Å². The Bertz CT molecular complexity index is 1470. The Morgan fingerprint density at radius 1 is 1.00 bits per heavy atom. The fourth-order valence-corrected chi connectivity index (χ4v) is 6.10. The third kappa shape index (κ3) is 5.36. The van der Waals surface area contributed by atoms with Crippen LogP contribution in [0.5, 0.6) is 0 Å². The van der Waals surface area contributed by atoms with Crippen LogP contribution in [0.2, 0.25) is 0 Å². The highest BCUT2D eigenvalue weighted by molar-refractivity contribution is 8.14. The maximum Gasteiger partial charge on any atom is 0.347 e. The van der Waals surface area contributed by atoms with Crippen LogP contribution in [0.4, 0.5) is 16.2 Å². The molecule has 1 N–H and O–H groups in total. The first-order chi connectivity index (χ1) is 18.3. The van der Waals surface area contributed by atoms with E-state index in [-0.39, 0.29) is 6.03 Å². The van der Waals surface area contributed by atoms with Crippen molar-refractivity contribution in [3.63, 3.8) is 0 Å². The molecule has 1 aliphatic heterocycles. The van der Waals surface area contributed by atoms with Crippen LogP contribution >= 0.6 is 11.8 Å². The number of hydrogen-bond acceptors (Lipinski definition) is 4. The van der Waals surface area contributed by atoms with Gasteiger partial charge in [0.1, 0.15) is 6.33 Å². The molecule has 1 saturated heterocycles. The second kappa shape index (κ2) is 10.8. The summed E-state index contributed by atoms with van der Waals surface area (Å²) in [5.41, 5.74) is 8.48. The predicted molar refractivity (Wildman–Crippen MR) is 158 cm³/mol. The Morgan fingerprint density at radius 3 is 2.34 bits per heavy atom. The molecule has 38 heavy (non-hydrogen) atoms. The van der Waals surface area contributed by atoms with Gasteiger partial charge in [0.05, 0.1) is 5.69 Å². The van der Waals surface area contributed by atoms with E-state index in [1.807, 2.05) is 48.5 Å². The van der Waals surface area contributed by atoms with Gasteiger partial charge in [-0.25, -0.2) is 14.5 Å². The lowest BCUT2D eigenvalue weighted by Gasteiger charge is -2.28. The molecule has 1 fully saturated rings. The number of rotatable bonds is 5. The van der Waals surface area contributed by atoms with Crippen molar-refractivity contribution >= 4 is 34.3 Å². The van der Waals surface area contributed by atoms with Gasteiger partial charge in [-0.1, -0.05) is 54.1 Å². The van der Waals surface area contributed by atoms with Crippen LogP contribution < -0.4 is 10.2 Å². The Hall–Kier alpha value is -3.91. The zero-order chi connectivity index (χ0) is 26.8. The molecule has 8 heteroatoms. The maximum atomic E-state index is 12.9. The van der Waals surface area contributed by atoms with Gasteiger partial charge in [-0.3, -0.25) is 0 Å². The number of urea groups is 1. The molecule has 1 aromatic heterocycles. The Labute approximate surface area is 228 Å². The summed E-state index contributed by atoms with van der Waals surface area (Å²) in [5.74, 6) is 1.53. The molecule has 0 bridgehead atoms. The molecule has 1 unspecified atom stereocenters. The van der Waals surface area contributed by atoms with Crippen molar-refractivity contribution in [3.05, 3.63) is 89.2 Å². The third-order valence-electron chi connectivity index (χ3n) is 6.71. The van der Waals surface area contributed by atoms with Crippen LogP contribution in [0.15, 0.2) is 72.0 Å². The fourth-order valence-electron chi connectivity index (χ4n) is 4.85. The molecule has 0 aliphatic carbocycles. The summed E-state index contributed by atoms with van der Waals surface area (Å²) in [6.45, 7) is 10.6. The Balaban J connectivity index is 1.31. The number of aromatic nitrogens is 3. The van der Waals surface area contributed by atoms with E-state index in [1.54, 1.807) is 22.8 Å². The smallest absolute Gasteiger partial charge is 0.316 e. The van der Waals surface area contributed by atoms with Gasteiger partial charge in [-0.2, -0.15) is 4.99 Å². The summed E-state index contributed by atoms with van der Waals surface area (Å²) >= 11 is 1.64. The second-order valence-electron chi connectivity index (χ2n) is 9.74. The summed E-state index contributed by atoms with van der Waals surface area (Å²) in [4.78, 5) is 24.1. The lowest BCUT2D eigenvalue weighted by molar-refractivity contribution is 0.259. The lowest BCUT2D eigenvalue weighted by Crippen LogP contribution is -2.35. The first-order valence-corrected chi connectivity index (χ1v) is 13.8. The van der Waals surface area contributed by atoms with Crippen molar-refractivity contribution < 1.29 is 4.79 Å².